The summed E-state index contributed by atoms with van der Waals surface area (Å²) < 4.78 is 190. The molecule has 0 amide bonds. The van der Waals surface area contributed by atoms with Crippen molar-refractivity contribution >= 4 is 101 Å². The van der Waals surface area contributed by atoms with E-state index in [0.717, 1.165) is 30.3 Å². The van der Waals surface area contributed by atoms with Crippen LogP contribution in [0.5, 0.6) is 5.75 Å². The molecule has 31 heteroatoms. The van der Waals surface area contributed by atoms with E-state index in [1.54, 1.807) is 0 Å². The van der Waals surface area contributed by atoms with E-state index in [2.05, 4.69) is 39.9 Å². The number of nitrogens with two attached hydrogens (primary N) is 1. The van der Waals surface area contributed by atoms with Crippen molar-refractivity contribution < 1.29 is 78.4 Å². The molecule has 0 aliphatic heterocycles. The quantitative estimate of drug-likeness (QED) is 0.0271. The molecule has 8 N–H and O–H groups in total. The minimum Gasteiger partial charge on any atom is -0.505 e. The van der Waals surface area contributed by atoms with E-state index < -0.39 is 134 Å². The number of azo groups is 2. The Morgan fingerprint density at radius 1 is 0.661 bits per heavy atom. The topological polar surface area (TPSA) is 394 Å². The number of halogens is 2. The first-order valence-corrected chi connectivity index (χ1v) is 22.4. The third kappa shape index (κ3) is 10.7. The molecule has 0 spiro atoms. The van der Waals surface area contributed by atoms with Gasteiger partial charge in [0.15, 0.2) is 15.6 Å². The number of phenolic OH excluding ortho intramolecular Hbond substituents is 1. The highest BCUT2D eigenvalue weighted by Gasteiger charge is 2.26. The van der Waals surface area contributed by atoms with Crippen molar-refractivity contribution in [1.29, 1.82) is 0 Å². The van der Waals surface area contributed by atoms with E-state index in [1.165, 1.54) is 0 Å². The third-order valence-corrected chi connectivity index (χ3v) is 12.2. The molecule has 0 saturated heterocycles. The van der Waals surface area contributed by atoms with Crippen molar-refractivity contribution in [1.82, 2.24) is 9.97 Å². The van der Waals surface area contributed by atoms with Crippen molar-refractivity contribution in [2.24, 2.45) is 20.5 Å². The molecule has 4 aromatic carbocycles. The summed E-state index contributed by atoms with van der Waals surface area (Å²) in [5, 5.41) is 27.6. The van der Waals surface area contributed by atoms with Crippen molar-refractivity contribution in [3.8, 4) is 5.75 Å². The Morgan fingerprint density at radius 3 is 1.90 bits per heavy atom. The molecule has 59 heavy (non-hydrogen) atoms. The number of anilines is 3. The van der Waals surface area contributed by atoms with E-state index in [9.17, 15) is 69.6 Å². The number of hydrogen-bond acceptors (Lipinski definition) is 20. The number of benzene rings is 4. The number of nitrogens with zero attached hydrogens (tertiary/aromatic N) is 6. The summed E-state index contributed by atoms with van der Waals surface area (Å²) in [5.41, 5.74) is 2.52. The van der Waals surface area contributed by atoms with Crippen LogP contribution in [0.15, 0.2) is 101 Å². The van der Waals surface area contributed by atoms with Gasteiger partial charge in [-0.15, -0.1) is 20.5 Å². The highest BCUT2D eigenvalue weighted by molar-refractivity contribution is 7.91. The summed E-state index contributed by atoms with van der Waals surface area (Å²) in [4.78, 5) is 1.97. The Labute approximate surface area is 330 Å². The second kappa shape index (κ2) is 16.1. The molecule has 24 nitrogen and oxygen atoms in total. The van der Waals surface area contributed by atoms with E-state index in [1.807, 2.05) is 0 Å². The second-order valence-electron chi connectivity index (χ2n) is 11.3. The molecule has 0 unspecified atom stereocenters. The van der Waals surface area contributed by atoms with Gasteiger partial charge in [-0.2, -0.15) is 52.4 Å². The number of fused-ring (bicyclic) bond motifs is 1. The Balaban J connectivity index is 1.62. The van der Waals surface area contributed by atoms with Crippen LogP contribution in [0.25, 0.3) is 10.8 Å². The van der Waals surface area contributed by atoms with Crippen LogP contribution >= 0.6 is 0 Å². The number of nitrogen functional groups attached to an aromatic ring is 1. The molecule has 0 aliphatic carbocycles. The Morgan fingerprint density at radius 2 is 1.29 bits per heavy atom. The fourth-order valence-electron chi connectivity index (χ4n) is 4.87. The van der Waals surface area contributed by atoms with Gasteiger partial charge in [-0.05, 0) is 54.6 Å². The van der Waals surface area contributed by atoms with Gasteiger partial charge in [-0.25, -0.2) is 12.6 Å². The average molecular weight is 925 g/mol. The first-order chi connectivity index (χ1) is 27.1. The van der Waals surface area contributed by atoms with Crippen molar-refractivity contribution in [2.75, 3.05) is 23.4 Å². The van der Waals surface area contributed by atoms with Gasteiger partial charge in [0, 0.05) is 22.5 Å². The molecule has 0 aliphatic rings. The summed E-state index contributed by atoms with van der Waals surface area (Å²) in [6, 6.07) is 7.99. The van der Waals surface area contributed by atoms with Crippen molar-refractivity contribution in [3.63, 3.8) is 0 Å². The molecule has 0 atom stereocenters. The summed E-state index contributed by atoms with van der Waals surface area (Å²) in [6.07, 6.45) is -1.46. The normalized spacial score (nSPS) is 13.1. The molecule has 0 radical (unpaired) electrons. The first-order valence-electron chi connectivity index (χ1n) is 15.1. The van der Waals surface area contributed by atoms with Gasteiger partial charge in [-0.3, -0.25) is 18.2 Å². The maximum Gasteiger partial charge on any atom is 0.397 e. The Hall–Kier alpha value is -5.77. The summed E-state index contributed by atoms with van der Waals surface area (Å²) in [6.45, 7) is -1.11. The number of sulfone groups is 1. The lowest BCUT2D eigenvalue weighted by Crippen LogP contribution is -2.16. The molecule has 1 aromatic heterocycles. The number of aromatic hydroxyl groups is 1. The lowest BCUT2D eigenvalue weighted by atomic mass is 10.1. The highest BCUT2D eigenvalue weighted by atomic mass is 32.3. The smallest absolute Gasteiger partial charge is 0.397 e. The van der Waals surface area contributed by atoms with Gasteiger partial charge in [0.2, 0.25) is 5.95 Å². The number of aromatic nitrogens is 2. The number of nitrogens with one attached hydrogen (secondary N) is 1. The third-order valence-electron chi connectivity index (χ3n) is 7.36. The maximum atomic E-state index is 13.6. The predicted octanol–water partition coefficient (Wildman–Crippen LogP) is 4.10. The fraction of sp³-hybridized carbons (Fsp3) is 0.0714. The van der Waals surface area contributed by atoms with E-state index in [-0.39, 0.29) is 16.8 Å². The summed E-state index contributed by atoms with van der Waals surface area (Å²) in [7, 11) is -25.5. The van der Waals surface area contributed by atoms with Crippen LogP contribution in [-0.2, 0) is 54.8 Å². The predicted molar refractivity (Wildman–Crippen MR) is 195 cm³/mol. The molecule has 0 saturated carbocycles. The van der Waals surface area contributed by atoms with E-state index >= 15 is 0 Å². The molecular weight excluding hydrogens is 903 g/mol. The van der Waals surface area contributed by atoms with Crippen molar-refractivity contribution in [3.05, 3.63) is 72.7 Å². The average Bonchev–Trinajstić information content (AvgIpc) is 3.08. The number of phenols is 1. The molecule has 5 aromatic rings. The van der Waals surface area contributed by atoms with Gasteiger partial charge in [0.25, 0.3) is 30.4 Å². The molecule has 5 rings (SSSR count). The zero-order valence-electron chi connectivity index (χ0n) is 28.5. The van der Waals surface area contributed by atoms with Gasteiger partial charge in [0.05, 0.1) is 22.9 Å². The van der Waals surface area contributed by atoms with E-state index in [0.29, 0.717) is 30.3 Å². The van der Waals surface area contributed by atoms with Gasteiger partial charge >= 0.3 is 16.5 Å². The maximum absolute atomic E-state index is 13.6. The largest absolute Gasteiger partial charge is 0.505 e. The first kappa shape index (κ1) is 44.3. The fourth-order valence-corrected chi connectivity index (χ4v) is 8.36. The SMILES string of the molecule is Nc1ccc2c(O)c(/N=N/c3ccc(S(=O)(=O)CCOS(=O)(=O)O)cc3S(=O)(=O)O)c(S(=O)(=O)O)cc2c1/N=N/c1cc(Nc2cc(F)nc(F)n2)ccc1S(=O)(=O)O. The standard InChI is InChI=1S/C28H22F2N8O16S5/c29-23-12-24(34-28(30)33-23)32-13-1-6-20(56(42,43)44)19(9-13)36-37-25-16-11-22(58(48,49)50)26(27(39)15(16)3-4-17(25)31)38-35-18-5-2-14(10-21(18)57(45,46)47)55(40,41)8-7-54-59(51,52)53/h1-6,9-12,39H,7-8,31H2,(H,32,33,34)(H,42,43,44)(H,45,46,47)(H,48,49,50)(H,51,52,53)/b37-36+,38-35+. The van der Waals surface area contributed by atoms with Crippen LogP contribution in [0, 0.1) is 12.0 Å². The molecule has 0 fully saturated rings. The Kier molecular flexibility index (Phi) is 12.1. The Bertz CT molecular complexity index is 3170. The van der Waals surface area contributed by atoms with Crippen LogP contribution in [-0.4, -0.2) is 87.7 Å². The molecule has 0 bridgehead atoms. The van der Waals surface area contributed by atoms with Crippen LogP contribution in [0.3, 0.4) is 0 Å². The van der Waals surface area contributed by atoms with Crippen LogP contribution in [0.2, 0.25) is 0 Å². The van der Waals surface area contributed by atoms with Crippen LogP contribution in [0.1, 0.15) is 0 Å². The van der Waals surface area contributed by atoms with Gasteiger partial charge in [-0.1, -0.05) is 0 Å². The molecule has 314 valence electrons. The lowest BCUT2D eigenvalue weighted by Gasteiger charge is -2.12. The minimum atomic E-state index is -5.43. The number of hydrogen-bond donors (Lipinski definition) is 7. The van der Waals surface area contributed by atoms with Gasteiger partial charge < -0.3 is 16.2 Å². The lowest BCUT2D eigenvalue weighted by molar-refractivity contribution is 0.284. The summed E-state index contributed by atoms with van der Waals surface area (Å²) >= 11 is 0. The number of rotatable bonds is 14. The minimum absolute atomic E-state index is 0.116. The monoisotopic (exact) mass is 924 g/mol. The van der Waals surface area contributed by atoms with Crippen LogP contribution < -0.4 is 11.1 Å². The molecular formula is C28H22F2N8O16S5. The zero-order valence-corrected chi connectivity index (χ0v) is 32.6. The summed E-state index contributed by atoms with van der Waals surface area (Å²) in [5.74, 6) is -3.92. The van der Waals surface area contributed by atoms with Gasteiger partial charge in [0.1, 0.15) is 43.3 Å². The molecule has 1 heterocycles. The van der Waals surface area contributed by atoms with Crippen molar-refractivity contribution in [2.45, 2.75) is 19.6 Å². The zero-order chi connectivity index (χ0) is 43.9. The van der Waals surface area contributed by atoms with E-state index in [4.69, 9.17) is 10.3 Å². The second-order valence-corrected chi connectivity index (χ2v) is 18.7. The highest BCUT2D eigenvalue weighted by Crippen LogP contribution is 2.46. The van der Waals surface area contributed by atoms with Crippen LogP contribution in [0.4, 0.5) is 48.7 Å².